The normalized spacial score (nSPS) is 11.9. The van der Waals surface area contributed by atoms with Gasteiger partial charge in [-0.3, -0.25) is 13.8 Å². The molecule has 0 N–H and O–H groups in total. The standard InChI is InChI=1S/C57H36N4O/c62-57-46-19-9-12-22-52(46)61-50-20-10-7-13-41(50)36-56(61)60(57)44-28-23-37(24-29-44)38-25-30-54-48(33-38)49-35-40(27-32-55(49)59(54)43-16-5-2-6-17-43)39-26-31-53-47(34-39)45-18-8-11-21-51(45)58(53)42-14-3-1-4-15-42/h1-36H. The number of fused-ring (bicyclic) bond motifs is 11. The number of nitrogens with zero attached hydrogens (tertiary/aromatic N) is 4. The lowest BCUT2D eigenvalue weighted by atomic mass is 9.99. The van der Waals surface area contributed by atoms with Crippen LogP contribution in [0, 0.1) is 0 Å². The van der Waals surface area contributed by atoms with Crippen LogP contribution in [0.4, 0.5) is 0 Å². The van der Waals surface area contributed by atoms with Crippen LogP contribution in [-0.2, 0) is 0 Å². The van der Waals surface area contributed by atoms with E-state index in [9.17, 15) is 4.79 Å². The van der Waals surface area contributed by atoms with Gasteiger partial charge >= 0.3 is 0 Å². The summed E-state index contributed by atoms with van der Waals surface area (Å²) in [5, 5.41) is 6.62. The second-order valence-corrected chi connectivity index (χ2v) is 16.2. The zero-order valence-corrected chi connectivity index (χ0v) is 33.5. The van der Waals surface area contributed by atoms with Crippen LogP contribution in [0.2, 0.25) is 0 Å². The minimum absolute atomic E-state index is 0.0318. The molecule has 0 radical (unpaired) electrons. The molecule has 0 spiro atoms. The topological polar surface area (TPSA) is 36.3 Å². The highest BCUT2D eigenvalue weighted by Gasteiger charge is 2.19. The van der Waals surface area contributed by atoms with Crippen molar-refractivity contribution in [1.82, 2.24) is 18.1 Å². The van der Waals surface area contributed by atoms with Crippen LogP contribution in [-0.4, -0.2) is 18.1 Å². The molecule has 13 aromatic rings. The lowest BCUT2D eigenvalue weighted by Crippen LogP contribution is -2.21. The molecule has 4 heterocycles. The highest BCUT2D eigenvalue weighted by molar-refractivity contribution is 6.13. The molecule has 0 amide bonds. The van der Waals surface area contributed by atoms with E-state index in [1.807, 2.05) is 34.9 Å². The first-order valence-corrected chi connectivity index (χ1v) is 21.1. The summed E-state index contributed by atoms with van der Waals surface area (Å²) in [4.78, 5) is 14.2. The largest absolute Gasteiger partial charge is 0.309 e. The van der Waals surface area contributed by atoms with E-state index < -0.39 is 0 Å². The first-order valence-electron chi connectivity index (χ1n) is 21.1. The van der Waals surface area contributed by atoms with Crippen molar-refractivity contribution in [2.75, 3.05) is 0 Å². The molecule has 0 saturated carbocycles. The van der Waals surface area contributed by atoms with Crippen molar-refractivity contribution in [2.24, 2.45) is 0 Å². The predicted octanol–water partition coefficient (Wildman–Crippen LogP) is 13.9. The Balaban J connectivity index is 0.962. The third-order valence-corrected chi connectivity index (χ3v) is 12.8. The summed E-state index contributed by atoms with van der Waals surface area (Å²) in [6.45, 7) is 0. The van der Waals surface area contributed by atoms with Gasteiger partial charge in [0, 0.05) is 38.3 Å². The predicted molar refractivity (Wildman–Crippen MR) is 258 cm³/mol. The van der Waals surface area contributed by atoms with E-state index in [1.54, 1.807) is 0 Å². The quantitative estimate of drug-likeness (QED) is 0.171. The Morgan fingerprint density at radius 1 is 0.274 bits per heavy atom. The van der Waals surface area contributed by atoms with E-state index in [0.29, 0.717) is 5.39 Å². The average Bonchev–Trinajstić information content (AvgIpc) is 4.00. The maximum absolute atomic E-state index is 14.2. The van der Waals surface area contributed by atoms with Crippen molar-refractivity contribution in [1.29, 1.82) is 0 Å². The molecule has 5 nitrogen and oxygen atoms in total. The SMILES string of the molecule is O=c1c2ccccc2n2c3ccccc3cc2n1-c1ccc(-c2ccc3c(c2)c2cc(-c4ccc5c(c4)c4ccccc4n5-c4ccccc4)ccc2n3-c2ccccc2)cc1. The molecule has 0 aliphatic carbocycles. The highest BCUT2D eigenvalue weighted by Crippen LogP contribution is 2.40. The van der Waals surface area contributed by atoms with Crippen molar-refractivity contribution in [3.05, 3.63) is 229 Å². The van der Waals surface area contributed by atoms with Gasteiger partial charge in [0.2, 0.25) is 0 Å². The highest BCUT2D eigenvalue weighted by atomic mass is 16.1. The van der Waals surface area contributed by atoms with Gasteiger partial charge in [-0.1, -0.05) is 115 Å². The summed E-state index contributed by atoms with van der Waals surface area (Å²) < 4.78 is 8.78. The maximum Gasteiger partial charge on any atom is 0.266 e. The Labute approximate surface area is 355 Å². The summed E-state index contributed by atoms with van der Waals surface area (Å²) in [6, 6.07) is 77.2. The van der Waals surface area contributed by atoms with Crippen LogP contribution < -0.4 is 5.56 Å². The van der Waals surface area contributed by atoms with Gasteiger partial charge in [0.05, 0.1) is 44.2 Å². The first-order chi connectivity index (χ1) is 30.7. The van der Waals surface area contributed by atoms with E-state index in [1.165, 1.54) is 43.7 Å². The average molecular weight is 793 g/mol. The van der Waals surface area contributed by atoms with Gasteiger partial charge in [-0.15, -0.1) is 0 Å². The number of rotatable bonds is 5. The van der Waals surface area contributed by atoms with Crippen molar-refractivity contribution < 1.29 is 0 Å². The fraction of sp³-hybridized carbons (Fsp3) is 0. The zero-order valence-electron chi connectivity index (χ0n) is 33.5. The van der Waals surface area contributed by atoms with Crippen LogP contribution in [0.3, 0.4) is 0 Å². The van der Waals surface area contributed by atoms with Gasteiger partial charge in [0.25, 0.3) is 5.56 Å². The summed E-state index contributed by atoms with van der Waals surface area (Å²) in [5.74, 6) is 0. The molecule has 4 aromatic heterocycles. The first kappa shape index (κ1) is 34.5. The van der Waals surface area contributed by atoms with Gasteiger partial charge in [-0.25, -0.2) is 0 Å². The number of hydrogen-bond donors (Lipinski definition) is 0. The molecule has 0 saturated heterocycles. The Hall–Kier alpha value is -8.41. The third-order valence-electron chi connectivity index (χ3n) is 12.8. The fourth-order valence-corrected chi connectivity index (χ4v) is 9.93. The summed E-state index contributed by atoms with van der Waals surface area (Å²) >= 11 is 0. The molecule has 9 aromatic carbocycles. The van der Waals surface area contributed by atoms with Gasteiger partial charge in [0.1, 0.15) is 5.65 Å². The van der Waals surface area contributed by atoms with Crippen LogP contribution in [0.1, 0.15) is 0 Å². The van der Waals surface area contributed by atoms with E-state index in [2.05, 4.69) is 202 Å². The van der Waals surface area contributed by atoms with Crippen molar-refractivity contribution in [3.63, 3.8) is 0 Å². The lowest BCUT2D eigenvalue weighted by Gasteiger charge is -2.13. The molecule has 0 bridgehead atoms. The molecule has 0 aliphatic heterocycles. The third kappa shape index (κ3) is 5.06. The Kier molecular flexibility index (Phi) is 7.39. The van der Waals surface area contributed by atoms with Gasteiger partial charge < -0.3 is 9.13 Å². The molecule has 0 atom stereocenters. The van der Waals surface area contributed by atoms with Crippen LogP contribution in [0.25, 0.3) is 110 Å². The second kappa shape index (κ2) is 13.3. The minimum Gasteiger partial charge on any atom is -0.309 e. The second-order valence-electron chi connectivity index (χ2n) is 16.2. The molecule has 13 rings (SSSR count). The van der Waals surface area contributed by atoms with E-state index >= 15 is 0 Å². The zero-order chi connectivity index (χ0) is 40.9. The minimum atomic E-state index is -0.0318. The Morgan fingerprint density at radius 2 is 0.694 bits per heavy atom. The lowest BCUT2D eigenvalue weighted by molar-refractivity contribution is 1.01. The monoisotopic (exact) mass is 792 g/mol. The van der Waals surface area contributed by atoms with E-state index in [-0.39, 0.29) is 5.56 Å². The maximum atomic E-state index is 14.2. The Bertz CT molecular complexity index is 3980. The number of para-hydroxylation sites is 5. The van der Waals surface area contributed by atoms with Crippen LogP contribution in [0.15, 0.2) is 223 Å². The van der Waals surface area contributed by atoms with Crippen molar-refractivity contribution >= 4 is 71.1 Å². The van der Waals surface area contributed by atoms with Crippen LogP contribution >= 0.6 is 0 Å². The van der Waals surface area contributed by atoms with Crippen molar-refractivity contribution in [3.8, 4) is 39.3 Å². The van der Waals surface area contributed by atoms with E-state index in [4.69, 9.17) is 0 Å². The molecule has 290 valence electrons. The number of hydrogen-bond acceptors (Lipinski definition) is 1. The van der Waals surface area contributed by atoms with Gasteiger partial charge in [-0.05, 0) is 125 Å². The summed E-state index contributed by atoms with van der Waals surface area (Å²) in [6.07, 6.45) is 0. The molecular weight excluding hydrogens is 757 g/mol. The van der Waals surface area contributed by atoms with Gasteiger partial charge in [-0.2, -0.15) is 0 Å². The Morgan fingerprint density at radius 3 is 1.29 bits per heavy atom. The molecule has 62 heavy (non-hydrogen) atoms. The molecule has 0 unspecified atom stereocenters. The van der Waals surface area contributed by atoms with E-state index in [0.717, 1.165) is 61.3 Å². The number of benzene rings is 9. The molecule has 0 aliphatic rings. The summed E-state index contributed by atoms with van der Waals surface area (Å²) in [7, 11) is 0. The number of aromatic nitrogens is 4. The fourth-order valence-electron chi connectivity index (χ4n) is 9.93. The smallest absolute Gasteiger partial charge is 0.266 e. The molecule has 0 fully saturated rings. The van der Waals surface area contributed by atoms with Gasteiger partial charge in [0.15, 0.2) is 0 Å². The molecular formula is C57H36N4O. The van der Waals surface area contributed by atoms with Crippen LogP contribution in [0.5, 0.6) is 0 Å². The van der Waals surface area contributed by atoms with Crippen molar-refractivity contribution in [2.45, 2.75) is 0 Å². The summed E-state index contributed by atoms with van der Waals surface area (Å²) in [5.41, 5.74) is 15.1. The molecule has 5 heteroatoms.